The van der Waals surface area contributed by atoms with Gasteiger partial charge in [-0.25, -0.2) is 4.98 Å². The summed E-state index contributed by atoms with van der Waals surface area (Å²) in [7, 11) is 0. The number of aromatic nitrogens is 2. The van der Waals surface area contributed by atoms with E-state index in [9.17, 15) is 9.59 Å². The molecule has 0 spiro atoms. The Morgan fingerprint density at radius 3 is 2.52 bits per heavy atom. The largest absolute Gasteiger partial charge is 0.368 e. The van der Waals surface area contributed by atoms with E-state index in [4.69, 9.17) is 4.98 Å². The number of amides is 1. The quantitative estimate of drug-likeness (QED) is 0.531. The second kappa shape index (κ2) is 9.95. The SMILES string of the molecule is CCN(CC)c1nc2ccsc2c(=O)n1CCC(=O)N1CCN(c2cccc(C)c2C)CC1. The van der Waals surface area contributed by atoms with Crippen LogP contribution in [-0.2, 0) is 11.3 Å². The van der Waals surface area contributed by atoms with E-state index in [0.29, 0.717) is 36.7 Å². The lowest BCUT2D eigenvalue weighted by Crippen LogP contribution is -2.49. The van der Waals surface area contributed by atoms with Crippen LogP contribution in [0.5, 0.6) is 0 Å². The lowest BCUT2D eigenvalue weighted by Gasteiger charge is -2.37. The molecule has 0 radical (unpaired) electrons. The van der Waals surface area contributed by atoms with Crippen LogP contribution in [0.25, 0.3) is 10.2 Å². The van der Waals surface area contributed by atoms with Crippen LogP contribution in [0, 0.1) is 13.8 Å². The zero-order valence-corrected chi connectivity index (χ0v) is 20.8. The molecule has 7 nitrogen and oxygen atoms in total. The Bertz CT molecular complexity index is 1190. The fourth-order valence-electron chi connectivity index (χ4n) is 4.52. The number of hydrogen-bond donors (Lipinski definition) is 0. The number of nitrogens with zero attached hydrogens (tertiary/aromatic N) is 5. The van der Waals surface area contributed by atoms with Crippen molar-refractivity contribution >= 4 is 39.1 Å². The summed E-state index contributed by atoms with van der Waals surface area (Å²) in [5.41, 5.74) is 4.53. The van der Waals surface area contributed by atoms with Gasteiger partial charge >= 0.3 is 0 Å². The minimum absolute atomic E-state index is 0.0514. The summed E-state index contributed by atoms with van der Waals surface area (Å²) in [5, 5.41) is 1.90. The van der Waals surface area contributed by atoms with Gasteiger partial charge in [-0.3, -0.25) is 14.2 Å². The molecule has 0 saturated carbocycles. The van der Waals surface area contributed by atoms with Crippen LogP contribution in [0.3, 0.4) is 0 Å². The molecule has 4 rings (SSSR count). The fourth-order valence-corrected chi connectivity index (χ4v) is 5.30. The summed E-state index contributed by atoms with van der Waals surface area (Å²) in [4.78, 5) is 37.3. The highest BCUT2D eigenvalue weighted by atomic mass is 32.1. The Kier molecular flexibility index (Phi) is 7.02. The molecule has 1 aromatic carbocycles. The van der Waals surface area contributed by atoms with E-state index in [1.807, 2.05) is 16.3 Å². The van der Waals surface area contributed by atoms with Crippen molar-refractivity contribution in [3.8, 4) is 0 Å². The summed E-state index contributed by atoms with van der Waals surface area (Å²) in [6.07, 6.45) is 0.302. The Labute approximate surface area is 199 Å². The fraction of sp³-hybridized carbons (Fsp3) is 0.480. The van der Waals surface area contributed by atoms with Crippen molar-refractivity contribution in [2.45, 2.75) is 40.7 Å². The van der Waals surface area contributed by atoms with Crippen molar-refractivity contribution in [2.75, 3.05) is 49.1 Å². The Morgan fingerprint density at radius 1 is 1.09 bits per heavy atom. The van der Waals surface area contributed by atoms with Crippen molar-refractivity contribution in [1.29, 1.82) is 0 Å². The molecular weight excluding hydrogens is 434 g/mol. The maximum atomic E-state index is 13.2. The summed E-state index contributed by atoms with van der Waals surface area (Å²) in [6, 6.07) is 8.28. The zero-order valence-electron chi connectivity index (χ0n) is 20.0. The van der Waals surface area contributed by atoms with Gasteiger partial charge in [0.05, 0.1) is 5.52 Å². The molecule has 3 aromatic rings. The van der Waals surface area contributed by atoms with E-state index >= 15 is 0 Å². The van der Waals surface area contributed by atoms with E-state index < -0.39 is 0 Å². The van der Waals surface area contributed by atoms with Gasteiger partial charge in [-0.15, -0.1) is 11.3 Å². The van der Waals surface area contributed by atoms with E-state index in [2.05, 4.69) is 55.7 Å². The van der Waals surface area contributed by atoms with E-state index in [1.165, 1.54) is 28.2 Å². The predicted molar refractivity (Wildman–Crippen MR) is 137 cm³/mol. The molecule has 1 fully saturated rings. The average Bonchev–Trinajstić information content (AvgIpc) is 3.30. The summed E-state index contributed by atoms with van der Waals surface area (Å²) < 4.78 is 2.34. The maximum Gasteiger partial charge on any atom is 0.272 e. The minimum Gasteiger partial charge on any atom is -0.368 e. The lowest BCUT2D eigenvalue weighted by atomic mass is 10.1. The maximum absolute atomic E-state index is 13.2. The van der Waals surface area contributed by atoms with Gasteiger partial charge in [0, 0.05) is 57.9 Å². The molecular formula is C25H33N5O2S. The van der Waals surface area contributed by atoms with Crippen LogP contribution in [-0.4, -0.2) is 59.6 Å². The van der Waals surface area contributed by atoms with E-state index in [0.717, 1.165) is 31.7 Å². The zero-order chi connectivity index (χ0) is 23.5. The summed E-state index contributed by atoms with van der Waals surface area (Å²) in [5.74, 6) is 0.753. The number of carbonyl (C=O) groups excluding carboxylic acids is 1. The van der Waals surface area contributed by atoms with Crippen LogP contribution in [0.15, 0.2) is 34.4 Å². The molecule has 3 heterocycles. The molecule has 0 N–H and O–H groups in total. The van der Waals surface area contributed by atoms with Crippen molar-refractivity contribution in [2.24, 2.45) is 0 Å². The van der Waals surface area contributed by atoms with Crippen LogP contribution >= 0.6 is 11.3 Å². The molecule has 0 unspecified atom stereocenters. The van der Waals surface area contributed by atoms with Gasteiger partial charge in [0.1, 0.15) is 4.70 Å². The molecule has 176 valence electrons. The molecule has 0 bridgehead atoms. The number of anilines is 2. The van der Waals surface area contributed by atoms with Gasteiger partial charge in [-0.05, 0) is 56.3 Å². The number of aryl methyl sites for hydroxylation is 1. The van der Waals surface area contributed by atoms with Crippen LogP contribution in [0.2, 0.25) is 0 Å². The first kappa shape index (κ1) is 23.3. The third kappa shape index (κ3) is 4.62. The number of rotatable bonds is 7. The third-order valence-corrected chi connectivity index (χ3v) is 7.58. The molecule has 1 aliphatic rings. The smallest absolute Gasteiger partial charge is 0.272 e. The van der Waals surface area contributed by atoms with Gasteiger partial charge in [-0.2, -0.15) is 0 Å². The van der Waals surface area contributed by atoms with Gasteiger partial charge < -0.3 is 14.7 Å². The summed E-state index contributed by atoms with van der Waals surface area (Å²) >= 11 is 1.41. The second-order valence-electron chi connectivity index (χ2n) is 8.51. The molecule has 1 amide bonds. The molecule has 0 aliphatic carbocycles. The number of thiophene rings is 1. The number of carbonyl (C=O) groups is 1. The van der Waals surface area contributed by atoms with E-state index in [-0.39, 0.29) is 11.5 Å². The lowest BCUT2D eigenvalue weighted by molar-refractivity contribution is -0.131. The topological polar surface area (TPSA) is 61.7 Å². The second-order valence-corrected chi connectivity index (χ2v) is 9.43. The van der Waals surface area contributed by atoms with Crippen molar-refractivity contribution in [3.05, 3.63) is 51.1 Å². The first-order valence-electron chi connectivity index (χ1n) is 11.8. The number of hydrogen-bond acceptors (Lipinski definition) is 6. The third-order valence-electron chi connectivity index (χ3n) is 6.69. The Balaban J connectivity index is 1.45. The number of piperazine rings is 1. The van der Waals surface area contributed by atoms with Gasteiger partial charge in [0.2, 0.25) is 11.9 Å². The van der Waals surface area contributed by atoms with Gasteiger partial charge in [0.15, 0.2) is 0 Å². The van der Waals surface area contributed by atoms with Crippen molar-refractivity contribution in [3.63, 3.8) is 0 Å². The molecule has 8 heteroatoms. The predicted octanol–water partition coefficient (Wildman–Crippen LogP) is 3.66. The van der Waals surface area contributed by atoms with Crippen LogP contribution < -0.4 is 15.4 Å². The Morgan fingerprint density at radius 2 is 1.82 bits per heavy atom. The van der Waals surface area contributed by atoms with E-state index in [1.54, 1.807) is 4.57 Å². The van der Waals surface area contributed by atoms with Gasteiger partial charge in [0.25, 0.3) is 5.56 Å². The highest BCUT2D eigenvalue weighted by Crippen LogP contribution is 2.24. The average molecular weight is 468 g/mol. The van der Waals surface area contributed by atoms with Crippen LogP contribution in [0.4, 0.5) is 11.6 Å². The summed E-state index contributed by atoms with van der Waals surface area (Å²) in [6.45, 7) is 13.3. The monoisotopic (exact) mass is 467 g/mol. The van der Waals surface area contributed by atoms with Crippen molar-refractivity contribution < 1.29 is 4.79 Å². The highest BCUT2D eigenvalue weighted by molar-refractivity contribution is 7.17. The molecule has 0 atom stereocenters. The molecule has 33 heavy (non-hydrogen) atoms. The van der Waals surface area contributed by atoms with Crippen molar-refractivity contribution in [1.82, 2.24) is 14.5 Å². The molecule has 2 aromatic heterocycles. The Hall–Kier alpha value is -2.87. The van der Waals surface area contributed by atoms with Gasteiger partial charge in [-0.1, -0.05) is 12.1 Å². The standard InChI is InChI=1S/C25H33N5O2S/c1-5-27(6-2)25-26-20-11-17-33-23(20)24(32)30(25)12-10-22(31)29-15-13-28(14-16-29)21-9-7-8-18(3)19(21)4/h7-9,11,17H,5-6,10,12-16H2,1-4H3. The minimum atomic E-state index is -0.0514. The number of fused-ring (bicyclic) bond motifs is 1. The molecule has 1 aliphatic heterocycles. The first-order chi connectivity index (χ1) is 15.9. The molecule has 1 saturated heterocycles. The highest BCUT2D eigenvalue weighted by Gasteiger charge is 2.23. The first-order valence-corrected chi connectivity index (χ1v) is 12.6. The normalized spacial score (nSPS) is 14.2. The number of benzene rings is 1. The van der Waals surface area contributed by atoms with Crippen LogP contribution in [0.1, 0.15) is 31.4 Å².